The lowest BCUT2D eigenvalue weighted by atomic mass is 9.85. The first kappa shape index (κ1) is 15.9. The molecule has 0 fully saturated rings. The number of hydrogen-bond acceptors (Lipinski definition) is 4. The molecule has 2 aromatic rings. The molecule has 2 aromatic carbocycles. The van der Waals surface area contributed by atoms with Crippen LogP contribution in [-0.4, -0.2) is 35.6 Å². The molecule has 0 atom stereocenters. The highest BCUT2D eigenvalue weighted by Crippen LogP contribution is 2.31. The van der Waals surface area contributed by atoms with Crippen molar-refractivity contribution in [1.29, 1.82) is 0 Å². The average molecular weight is 360 g/mol. The van der Waals surface area contributed by atoms with E-state index in [2.05, 4.69) is 5.32 Å². The van der Waals surface area contributed by atoms with Gasteiger partial charge in [-0.1, -0.05) is 0 Å². The lowest BCUT2D eigenvalue weighted by Gasteiger charge is -2.18. The van der Waals surface area contributed by atoms with E-state index in [1.807, 2.05) is 24.3 Å². The molecule has 0 saturated heterocycles. The summed E-state index contributed by atoms with van der Waals surface area (Å²) < 4.78 is 0. The van der Waals surface area contributed by atoms with Crippen molar-refractivity contribution >= 4 is 23.6 Å². The fraction of sp³-hybridized carbons (Fsp3) is 0.238. The Labute approximate surface area is 155 Å². The van der Waals surface area contributed by atoms with Gasteiger partial charge in [0.05, 0.1) is 22.3 Å². The Balaban J connectivity index is 1.56. The van der Waals surface area contributed by atoms with E-state index in [1.165, 1.54) is 7.05 Å². The number of fused-ring (bicyclic) bond motifs is 4. The van der Waals surface area contributed by atoms with Crippen LogP contribution in [0.3, 0.4) is 0 Å². The first-order valence-corrected chi connectivity index (χ1v) is 8.93. The molecule has 27 heavy (non-hydrogen) atoms. The van der Waals surface area contributed by atoms with E-state index in [0.717, 1.165) is 40.0 Å². The maximum absolute atomic E-state index is 12.3. The summed E-state index contributed by atoms with van der Waals surface area (Å²) in [5.74, 6) is -1.20. The summed E-state index contributed by atoms with van der Waals surface area (Å²) in [7, 11) is 1.50. The zero-order valence-electron chi connectivity index (χ0n) is 14.7. The van der Waals surface area contributed by atoms with Crippen LogP contribution in [0.15, 0.2) is 24.3 Å². The van der Waals surface area contributed by atoms with Gasteiger partial charge in [0.2, 0.25) is 0 Å². The standard InChI is InChI=1S/C21H16N2O4/c1-23-20(26)16-8-12-4-2-10-6-14-15(19(25)22-18(14)24)7-11(10)3-5-13(12)9-17(16)21(23)27/h6-9H,2-5H2,1H3,(H,22,24,25). The van der Waals surface area contributed by atoms with Gasteiger partial charge < -0.3 is 0 Å². The first-order valence-electron chi connectivity index (χ1n) is 8.93. The van der Waals surface area contributed by atoms with Crippen LogP contribution in [0.4, 0.5) is 0 Å². The molecule has 134 valence electrons. The van der Waals surface area contributed by atoms with Crippen molar-refractivity contribution < 1.29 is 19.2 Å². The monoisotopic (exact) mass is 360 g/mol. The van der Waals surface area contributed by atoms with Gasteiger partial charge >= 0.3 is 0 Å². The van der Waals surface area contributed by atoms with Crippen LogP contribution < -0.4 is 5.32 Å². The summed E-state index contributed by atoms with van der Waals surface area (Å²) in [6.45, 7) is 0. The first-order chi connectivity index (χ1) is 12.9. The number of hydrogen-bond donors (Lipinski definition) is 1. The highest BCUT2D eigenvalue weighted by atomic mass is 16.2. The molecular formula is C21H16N2O4. The van der Waals surface area contributed by atoms with Gasteiger partial charge in [-0.05, 0) is 72.2 Å². The van der Waals surface area contributed by atoms with Crippen molar-refractivity contribution in [2.45, 2.75) is 25.7 Å². The minimum absolute atomic E-state index is 0.256. The fourth-order valence-electron chi connectivity index (χ4n) is 4.27. The number of amides is 4. The van der Waals surface area contributed by atoms with Crippen LogP contribution >= 0.6 is 0 Å². The smallest absolute Gasteiger partial charge is 0.261 e. The third-order valence-electron chi connectivity index (χ3n) is 5.79. The number of nitrogens with one attached hydrogen (secondary N) is 1. The van der Waals surface area contributed by atoms with E-state index >= 15 is 0 Å². The topological polar surface area (TPSA) is 83.6 Å². The molecule has 1 aliphatic carbocycles. The molecule has 1 N–H and O–H groups in total. The Morgan fingerprint density at radius 1 is 0.630 bits per heavy atom. The van der Waals surface area contributed by atoms with Crippen LogP contribution in [0.1, 0.15) is 63.7 Å². The van der Waals surface area contributed by atoms with Crippen molar-refractivity contribution in [3.63, 3.8) is 0 Å². The second-order valence-corrected chi connectivity index (χ2v) is 7.29. The summed E-state index contributed by atoms with van der Waals surface area (Å²) in [6, 6.07) is 7.35. The molecule has 6 nitrogen and oxygen atoms in total. The predicted octanol–water partition coefficient (Wildman–Crippen LogP) is 1.68. The molecule has 5 rings (SSSR count). The van der Waals surface area contributed by atoms with Crippen LogP contribution in [0.5, 0.6) is 0 Å². The normalized spacial score (nSPS) is 17.7. The molecule has 2 aliphatic heterocycles. The van der Waals surface area contributed by atoms with Gasteiger partial charge in [0, 0.05) is 7.05 Å². The molecule has 0 spiro atoms. The van der Waals surface area contributed by atoms with Crippen molar-refractivity contribution in [1.82, 2.24) is 10.2 Å². The molecule has 3 aliphatic rings. The Hall–Kier alpha value is -3.28. The Morgan fingerprint density at radius 3 is 1.33 bits per heavy atom. The highest BCUT2D eigenvalue weighted by molar-refractivity contribution is 6.22. The molecule has 4 amide bonds. The van der Waals surface area contributed by atoms with E-state index < -0.39 is 0 Å². The van der Waals surface area contributed by atoms with Crippen molar-refractivity contribution in [3.8, 4) is 0 Å². The van der Waals surface area contributed by atoms with E-state index in [0.29, 0.717) is 35.1 Å². The molecule has 0 unspecified atom stereocenters. The van der Waals surface area contributed by atoms with Crippen LogP contribution in [0, 0.1) is 0 Å². The Morgan fingerprint density at radius 2 is 0.963 bits per heavy atom. The maximum atomic E-state index is 12.3. The zero-order chi connectivity index (χ0) is 18.9. The van der Waals surface area contributed by atoms with Crippen molar-refractivity contribution in [2.24, 2.45) is 0 Å². The van der Waals surface area contributed by atoms with Gasteiger partial charge in [-0.3, -0.25) is 29.4 Å². The number of carbonyl (C=O) groups is 4. The van der Waals surface area contributed by atoms with E-state index in [4.69, 9.17) is 0 Å². The van der Waals surface area contributed by atoms with Gasteiger partial charge in [0.15, 0.2) is 0 Å². The zero-order valence-corrected chi connectivity index (χ0v) is 14.7. The van der Waals surface area contributed by atoms with Crippen LogP contribution in [0.2, 0.25) is 0 Å². The largest absolute Gasteiger partial charge is 0.288 e. The van der Waals surface area contributed by atoms with Crippen molar-refractivity contribution in [3.05, 3.63) is 68.8 Å². The van der Waals surface area contributed by atoms with Gasteiger partial charge in [-0.25, -0.2) is 0 Å². The number of imide groups is 2. The lowest BCUT2D eigenvalue weighted by molar-refractivity contribution is 0.0691. The quantitative estimate of drug-likeness (QED) is 0.725. The second kappa shape index (κ2) is 5.36. The van der Waals surface area contributed by atoms with E-state index in [-0.39, 0.29) is 23.6 Å². The number of rotatable bonds is 0. The van der Waals surface area contributed by atoms with E-state index in [9.17, 15) is 19.2 Å². The van der Waals surface area contributed by atoms with Gasteiger partial charge in [0.25, 0.3) is 23.6 Å². The lowest BCUT2D eigenvalue weighted by Crippen LogP contribution is -2.24. The number of aryl methyl sites for hydroxylation is 4. The third-order valence-corrected chi connectivity index (χ3v) is 5.79. The minimum atomic E-state index is -0.342. The molecular weight excluding hydrogens is 344 g/mol. The molecule has 0 bridgehead atoms. The fourth-order valence-corrected chi connectivity index (χ4v) is 4.27. The summed E-state index contributed by atoms with van der Waals surface area (Å²) in [5, 5.41) is 2.34. The number of carbonyl (C=O) groups excluding carboxylic acids is 4. The molecule has 0 radical (unpaired) electrons. The number of benzene rings is 2. The molecule has 6 heteroatoms. The molecule has 2 heterocycles. The SMILES string of the molecule is CN1C(=O)c2cc3c(cc2C1=O)CCc1cc2c(cc1CC3)C(=O)NC2=O. The Bertz CT molecular complexity index is 1020. The Kier molecular flexibility index (Phi) is 3.16. The third kappa shape index (κ3) is 2.19. The van der Waals surface area contributed by atoms with E-state index in [1.54, 1.807) is 0 Å². The highest BCUT2D eigenvalue weighted by Gasteiger charge is 2.34. The summed E-state index contributed by atoms with van der Waals surface area (Å²) in [4.78, 5) is 49.6. The van der Waals surface area contributed by atoms with Gasteiger partial charge in [0.1, 0.15) is 0 Å². The molecule has 0 aromatic heterocycles. The van der Waals surface area contributed by atoms with Gasteiger partial charge in [-0.2, -0.15) is 0 Å². The van der Waals surface area contributed by atoms with Crippen molar-refractivity contribution in [2.75, 3.05) is 7.05 Å². The second-order valence-electron chi connectivity index (χ2n) is 7.29. The summed E-state index contributed by atoms with van der Waals surface area (Å²) in [6.07, 6.45) is 2.87. The number of nitrogens with zero attached hydrogens (tertiary/aromatic N) is 1. The maximum Gasteiger partial charge on any atom is 0.261 e. The molecule has 0 saturated carbocycles. The predicted molar refractivity (Wildman–Crippen MR) is 95.9 cm³/mol. The van der Waals surface area contributed by atoms with Crippen LogP contribution in [-0.2, 0) is 25.7 Å². The summed E-state index contributed by atoms with van der Waals surface area (Å²) >= 11 is 0. The minimum Gasteiger partial charge on any atom is -0.288 e. The van der Waals surface area contributed by atoms with Gasteiger partial charge in [-0.15, -0.1) is 0 Å². The average Bonchev–Trinajstić information content (AvgIpc) is 3.03. The summed E-state index contributed by atoms with van der Waals surface area (Å²) in [5.41, 5.74) is 6.08. The van der Waals surface area contributed by atoms with Crippen LogP contribution in [0.25, 0.3) is 0 Å².